The van der Waals surface area contributed by atoms with E-state index in [1.165, 1.54) is 0 Å². The number of hydrogen-bond acceptors (Lipinski definition) is 18. The first-order valence-corrected chi connectivity index (χ1v) is 24.7. The van der Waals surface area contributed by atoms with Gasteiger partial charge < -0.3 is 75.8 Å². The molecule has 0 amide bonds. The fourth-order valence-electron chi connectivity index (χ4n) is 5.08. The fraction of sp³-hybridized carbons (Fsp3) is 0.915. The van der Waals surface area contributed by atoms with Crippen LogP contribution in [0.2, 0.25) is 0 Å². The molecule has 0 aromatic heterocycles. The Morgan fingerprint density at radius 2 is 0.500 bits per heavy atom. The molecule has 19 heteroatoms. The first kappa shape index (κ1) is 64.4. The summed E-state index contributed by atoms with van der Waals surface area (Å²) < 4.78 is 87.6. The van der Waals surface area contributed by atoms with Crippen LogP contribution < -0.4 is 0 Å². The van der Waals surface area contributed by atoms with Crippen LogP contribution in [0.4, 0.5) is 0 Å². The molecule has 0 N–H and O–H groups in total. The molecule has 18 nitrogen and oxygen atoms in total. The maximum absolute atomic E-state index is 11.2. The van der Waals surface area contributed by atoms with Crippen LogP contribution in [0.15, 0.2) is 12.2 Å². The van der Waals surface area contributed by atoms with Gasteiger partial charge in [0.15, 0.2) is 0 Å². The van der Waals surface area contributed by atoms with Crippen molar-refractivity contribution in [3.05, 3.63) is 12.2 Å². The number of alkyl halides is 1. The quantitative estimate of drug-likeness (QED) is 0.0326. The number of carbonyl (C=O) groups excluding carboxylic acids is 2. The van der Waals surface area contributed by atoms with Crippen molar-refractivity contribution in [2.24, 2.45) is 0 Å². The van der Waals surface area contributed by atoms with Gasteiger partial charge in [0.1, 0.15) is 6.61 Å². The minimum absolute atomic E-state index is 0.195. The van der Waals surface area contributed by atoms with Crippen LogP contribution in [0.3, 0.4) is 0 Å². The van der Waals surface area contributed by atoms with Crippen LogP contribution in [0, 0.1) is 0 Å². The SMILES string of the molecule is C=C(C)C(=O)OCCOCCOCCOCCOCCOCCOCCOCCOCCOCCOCCCCOCCCCOCCCCOCCCCOCCCCOC(=O)CCCl. The Balaban J connectivity index is 3.09. The Bertz CT molecular complexity index is 1000. The van der Waals surface area contributed by atoms with Crippen molar-refractivity contribution in [2.45, 2.75) is 77.6 Å². The number of rotatable bonds is 58. The molecule has 0 rings (SSSR count). The highest BCUT2D eigenvalue weighted by Crippen LogP contribution is 2.01. The van der Waals surface area contributed by atoms with Crippen molar-refractivity contribution in [1.29, 1.82) is 0 Å². The van der Waals surface area contributed by atoms with E-state index in [0.717, 1.165) is 110 Å². The van der Waals surface area contributed by atoms with E-state index in [1.807, 2.05) is 0 Å². The van der Waals surface area contributed by atoms with Gasteiger partial charge in [-0.15, -0.1) is 11.6 Å². The van der Waals surface area contributed by atoms with Crippen LogP contribution in [0.5, 0.6) is 0 Å². The summed E-state index contributed by atoms with van der Waals surface area (Å²) >= 11 is 5.50. The van der Waals surface area contributed by atoms with E-state index in [2.05, 4.69) is 6.58 Å². The average Bonchev–Trinajstić information content (AvgIpc) is 3.31. The lowest BCUT2D eigenvalue weighted by Gasteiger charge is -2.09. The average molecular weight is 978 g/mol. The van der Waals surface area contributed by atoms with Crippen molar-refractivity contribution >= 4 is 23.5 Å². The number of esters is 2. The van der Waals surface area contributed by atoms with Crippen molar-refractivity contribution in [1.82, 2.24) is 0 Å². The molecule has 0 saturated carbocycles. The maximum Gasteiger partial charge on any atom is 0.333 e. The van der Waals surface area contributed by atoms with Gasteiger partial charge >= 0.3 is 11.9 Å². The largest absolute Gasteiger partial charge is 0.466 e. The zero-order valence-electron chi connectivity index (χ0n) is 40.6. The topological polar surface area (TPSA) is 182 Å². The minimum atomic E-state index is -0.415. The molecule has 0 aliphatic rings. The fourth-order valence-corrected chi connectivity index (χ4v) is 5.23. The zero-order valence-corrected chi connectivity index (χ0v) is 41.4. The predicted molar refractivity (Wildman–Crippen MR) is 250 cm³/mol. The van der Waals surface area contributed by atoms with Gasteiger partial charge in [-0.1, -0.05) is 6.58 Å². The molecule has 0 aliphatic carbocycles. The second-order valence-electron chi connectivity index (χ2n) is 14.7. The Labute approximate surface area is 401 Å². The van der Waals surface area contributed by atoms with Crippen molar-refractivity contribution in [2.75, 3.05) is 204 Å². The van der Waals surface area contributed by atoms with Gasteiger partial charge in [0, 0.05) is 70.9 Å². The number of carbonyl (C=O) groups is 2. The van der Waals surface area contributed by atoms with Crippen LogP contribution in [-0.2, 0) is 85.4 Å². The minimum Gasteiger partial charge on any atom is -0.466 e. The van der Waals surface area contributed by atoms with E-state index in [1.54, 1.807) is 6.92 Å². The lowest BCUT2D eigenvalue weighted by atomic mass is 10.3. The summed E-state index contributed by atoms with van der Waals surface area (Å²) in [7, 11) is 0. The number of ether oxygens (including phenoxy) is 16. The molecule has 0 unspecified atom stereocenters. The molecule has 0 heterocycles. The number of hydrogen-bond donors (Lipinski definition) is 0. The van der Waals surface area contributed by atoms with Gasteiger partial charge in [-0.2, -0.15) is 0 Å². The van der Waals surface area contributed by atoms with Crippen LogP contribution in [0.25, 0.3) is 0 Å². The van der Waals surface area contributed by atoms with Crippen molar-refractivity contribution < 1.29 is 85.4 Å². The molecule has 0 saturated heterocycles. The van der Waals surface area contributed by atoms with Crippen LogP contribution >= 0.6 is 11.6 Å². The summed E-state index contributed by atoms with van der Waals surface area (Å²) in [5.41, 5.74) is 0.367. The third-order valence-electron chi connectivity index (χ3n) is 8.71. The van der Waals surface area contributed by atoms with Crippen molar-refractivity contribution in [3.8, 4) is 0 Å². The van der Waals surface area contributed by atoms with Crippen LogP contribution in [0.1, 0.15) is 77.6 Å². The molecular weight excluding hydrogens is 888 g/mol. The highest BCUT2D eigenvalue weighted by molar-refractivity contribution is 6.18. The van der Waals surface area contributed by atoms with E-state index in [4.69, 9.17) is 87.4 Å². The zero-order chi connectivity index (χ0) is 47.7. The van der Waals surface area contributed by atoms with Crippen molar-refractivity contribution in [3.63, 3.8) is 0 Å². The van der Waals surface area contributed by atoms with Gasteiger partial charge in [-0.25, -0.2) is 4.79 Å². The predicted octanol–water partition coefficient (Wildman–Crippen LogP) is 5.41. The highest BCUT2D eigenvalue weighted by Gasteiger charge is 2.03. The third-order valence-corrected chi connectivity index (χ3v) is 8.90. The molecule has 0 fully saturated rings. The molecule has 66 heavy (non-hydrogen) atoms. The van der Waals surface area contributed by atoms with Crippen LogP contribution in [-0.4, -0.2) is 216 Å². The second kappa shape index (κ2) is 57.7. The Kier molecular flexibility index (Phi) is 56.3. The van der Waals surface area contributed by atoms with E-state index in [9.17, 15) is 9.59 Å². The summed E-state index contributed by atoms with van der Waals surface area (Å²) in [5, 5.41) is 0. The Hall–Kier alpha value is -1.59. The molecule has 0 spiro atoms. The van der Waals surface area contributed by atoms with E-state index < -0.39 is 5.97 Å². The first-order chi connectivity index (χ1) is 32.6. The lowest BCUT2D eigenvalue weighted by molar-refractivity contribution is -0.143. The highest BCUT2D eigenvalue weighted by atomic mass is 35.5. The number of halogens is 1. The standard InChI is InChI=1S/C47H89ClO18/c1-45(2)47(50)66-44-43-64-42-41-63-40-39-62-38-37-61-36-35-60-34-33-59-32-31-58-30-29-57-28-27-56-26-25-55-23-10-9-21-53-19-6-5-17-51-15-3-4-16-52-18-7-8-20-54-22-11-12-24-65-46(49)13-14-48/h1,3-44H2,2H3. The normalized spacial score (nSPS) is 11.4. The third kappa shape index (κ3) is 56.7. The summed E-state index contributed by atoms with van der Waals surface area (Å²) in [6.07, 6.45) is 9.91. The van der Waals surface area contributed by atoms with Gasteiger partial charge in [0.05, 0.1) is 139 Å². The summed E-state index contributed by atoms with van der Waals surface area (Å²) in [4.78, 5) is 22.4. The second-order valence-corrected chi connectivity index (χ2v) is 15.1. The van der Waals surface area contributed by atoms with Gasteiger partial charge in [0.2, 0.25) is 0 Å². The summed E-state index contributed by atoms with van der Waals surface area (Å²) in [5.74, 6) is -0.352. The molecule has 392 valence electrons. The number of unbranched alkanes of at least 4 members (excludes halogenated alkanes) is 5. The van der Waals surface area contributed by atoms with Gasteiger partial charge in [-0.05, 0) is 71.1 Å². The molecule has 0 atom stereocenters. The van der Waals surface area contributed by atoms with E-state index >= 15 is 0 Å². The summed E-state index contributed by atoms with van der Waals surface area (Å²) in [6, 6.07) is 0. The first-order valence-electron chi connectivity index (χ1n) is 24.2. The molecule has 0 aromatic carbocycles. The molecular formula is C47H89ClO18. The molecule has 0 radical (unpaired) electrons. The summed E-state index contributed by atoms with van der Waals surface area (Å²) in [6.45, 7) is 21.6. The monoisotopic (exact) mass is 977 g/mol. The van der Waals surface area contributed by atoms with Gasteiger partial charge in [0.25, 0.3) is 0 Å². The Morgan fingerprint density at radius 1 is 0.303 bits per heavy atom. The smallest absolute Gasteiger partial charge is 0.333 e. The lowest BCUT2D eigenvalue weighted by Crippen LogP contribution is -2.15. The Morgan fingerprint density at radius 3 is 0.727 bits per heavy atom. The maximum atomic E-state index is 11.2. The molecule has 0 aliphatic heterocycles. The van der Waals surface area contributed by atoms with Gasteiger partial charge in [-0.3, -0.25) is 4.79 Å². The van der Waals surface area contributed by atoms with E-state index in [-0.39, 0.29) is 19.0 Å². The van der Waals surface area contributed by atoms with E-state index in [0.29, 0.717) is 157 Å². The molecule has 0 aromatic rings. The molecule has 0 bridgehead atoms.